The largest absolute Gasteiger partial charge is 0.315 e. The molecule has 154 valence electrons. The highest BCUT2D eigenvalue weighted by atomic mass is 35.5. The Balaban J connectivity index is 0.00000240. The Bertz CT molecular complexity index is 969. The molecule has 4 rings (SSSR count). The Labute approximate surface area is 181 Å². The number of hydrogen-bond donors (Lipinski definition) is 2. The van der Waals surface area contributed by atoms with E-state index in [0.717, 1.165) is 29.8 Å². The molecule has 2 aromatic heterocycles. The molecule has 6 nitrogen and oxygen atoms in total. The lowest BCUT2D eigenvalue weighted by atomic mass is 9.90. The van der Waals surface area contributed by atoms with Crippen LogP contribution in [0.25, 0.3) is 0 Å². The van der Waals surface area contributed by atoms with Gasteiger partial charge in [-0.25, -0.2) is 4.98 Å². The summed E-state index contributed by atoms with van der Waals surface area (Å²) in [4.78, 5) is 18.4. The fraction of sp³-hybridized carbons (Fsp3) is 0.381. The molecule has 0 unspecified atom stereocenters. The summed E-state index contributed by atoms with van der Waals surface area (Å²) in [5.74, 6) is 0.0513. The molecule has 1 aliphatic rings. The van der Waals surface area contributed by atoms with Gasteiger partial charge in [0.15, 0.2) is 5.13 Å². The lowest BCUT2D eigenvalue weighted by Crippen LogP contribution is -2.27. The van der Waals surface area contributed by atoms with Gasteiger partial charge in [0.1, 0.15) is 0 Å². The third-order valence-corrected chi connectivity index (χ3v) is 6.18. The number of halogens is 1. The number of amides is 1. The van der Waals surface area contributed by atoms with Gasteiger partial charge in [0.05, 0.1) is 12.1 Å². The van der Waals surface area contributed by atoms with E-state index < -0.39 is 0 Å². The van der Waals surface area contributed by atoms with Gasteiger partial charge in [-0.15, -0.1) is 23.7 Å². The van der Waals surface area contributed by atoms with E-state index in [1.165, 1.54) is 11.1 Å². The molecule has 0 saturated carbocycles. The number of aromatic nitrogens is 3. The van der Waals surface area contributed by atoms with Crippen molar-refractivity contribution < 1.29 is 4.79 Å². The van der Waals surface area contributed by atoms with Gasteiger partial charge in [-0.05, 0) is 23.1 Å². The number of anilines is 1. The molecule has 3 heterocycles. The highest BCUT2D eigenvalue weighted by molar-refractivity contribution is 7.15. The molecule has 0 aliphatic carbocycles. The van der Waals surface area contributed by atoms with Gasteiger partial charge < -0.3 is 10.6 Å². The molecule has 0 bridgehead atoms. The summed E-state index contributed by atoms with van der Waals surface area (Å²) in [7, 11) is 1.90. The number of aryl methyl sites for hydroxylation is 2. The Morgan fingerprint density at radius 2 is 2.14 bits per heavy atom. The second-order valence-electron chi connectivity index (χ2n) is 7.29. The zero-order valence-corrected chi connectivity index (χ0v) is 18.2. The minimum absolute atomic E-state index is 0. The van der Waals surface area contributed by atoms with Crippen molar-refractivity contribution in [3.63, 3.8) is 0 Å². The molecule has 3 aromatic rings. The third-order valence-electron chi connectivity index (χ3n) is 5.27. The molecule has 2 N–H and O–H groups in total. The van der Waals surface area contributed by atoms with E-state index in [2.05, 4.69) is 51.9 Å². The maximum atomic E-state index is 12.8. The molecule has 1 saturated heterocycles. The lowest BCUT2D eigenvalue weighted by Gasteiger charge is -2.15. The van der Waals surface area contributed by atoms with Crippen molar-refractivity contribution in [2.24, 2.45) is 13.0 Å². The molecule has 1 amide bonds. The van der Waals surface area contributed by atoms with Gasteiger partial charge in [0.25, 0.3) is 0 Å². The zero-order chi connectivity index (χ0) is 19.5. The quantitative estimate of drug-likeness (QED) is 0.627. The number of benzene rings is 1. The van der Waals surface area contributed by atoms with Crippen molar-refractivity contribution in [3.8, 4) is 0 Å². The van der Waals surface area contributed by atoms with Crippen molar-refractivity contribution in [2.45, 2.75) is 25.7 Å². The predicted octanol–water partition coefficient (Wildman–Crippen LogP) is 3.39. The average Bonchev–Trinajstić information content (AvgIpc) is 3.43. The van der Waals surface area contributed by atoms with Gasteiger partial charge in [-0.2, -0.15) is 5.10 Å². The zero-order valence-electron chi connectivity index (χ0n) is 16.6. The summed E-state index contributed by atoms with van der Waals surface area (Å²) in [5, 5.41) is 11.3. The summed E-state index contributed by atoms with van der Waals surface area (Å²) in [6.45, 7) is 3.63. The van der Waals surface area contributed by atoms with Crippen molar-refractivity contribution in [2.75, 3.05) is 18.4 Å². The molecule has 0 spiro atoms. The summed E-state index contributed by atoms with van der Waals surface area (Å²) in [5.41, 5.74) is 3.71. The number of nitrogens with one attached hydrogen (secondary N) is 2. The van der Waals surface area contributed by atoms with Crippen LogP contribution in [0.4, 0.5) is 5.13 Å². The first-order valence-corrected chi connectivity index (χ1v) is 10.5. The van der Waals surface area contributed by atoms with E-state index >= 15 is 0 Å². The number of nitrogens with zero attached hydrogens (tertiary/aromatic N) is 3. The Hall–Kier alpha value is -2.22. The van der Waals surface area contributed by atoms with E-state index in [9.17, 15) is 4.79 Å². The van der Waals surface area contributed by atoms with Crippen LogP contribution in [0.3, 0.4) is 0 Å². The van der Waals surface area contributed by atoms with Crippen LogP contribution in [-0.4, -0.2) is 33.8 Å². The molecule has 2 atom stereocenters. The van der Waals surface area contributed by atoms with Gasteiger partial charge >= 0.3 is 0 Å². The highest BCUT2D eigenvalue weighted by Gasteiger charge is 2.35. The first kappa shape index (κ1) is 21.5. The third kappa shape index (κ3) is 5.04. The van der Waals surface area contributed by atoms with E-state index in [0.29, 0.717) is 11.7 Å². The van der Waals surface area contributed by atoms with Crippen molar-refractivity contribution in [1.82, 2.24) is 20.1 Å². The van der Waals surface area contributed by atoms with Crippen molar-refractivity contribution in [3.05, 3.63) is 64.4 Å². The van der Waals surface area contributed by atoms with Crippen LogP contribution in [0.15, 0.2) is 42.9 Å². The molecule has 29 heavy (non-hydrogen) atoms. The summed E-state index contributed by atoms with van der Waals surface area (Å²) in [6.07, 6.45) is 7.58. The number of hydrogen-bond acceptors (Lipinski definition) is 5. The van der Waals surface area contributed by atoms with Crippen LogP contribution in [0.2, 0.25) is 0 Å². The van der Waals surface area contributed by atoms with Crippen LogP contribution >= 0.6 is 23.7 Å². The summed E-state index contributed by atoms with van der Waals surface area (Å²) >= 11 is 1.55. The Morgan fingerprint density at radius 1 is 1.31 bits per heavy atom. The second-order valence-corrected chi connectivity index (χ2v) is 8.41. The fourth-order valence-electron chi connectivity index (χ4n) is 3.74. The van der Waals surface area contributed by atoms with Crippen LogP contribution in [0.1, 0.15) is 34.4 Å². The molecule has 8 heteroatoms. The molecular weight excluding hydrogens is 406 g/mol. The standard InChI is InChI=1S/C21H25N5OS.ClH/c1-3-14-5-4-6-15(7-14)8-17-10-23-21(28-17)25-20(27)19-12-22-11-18(19)16-9-24-26(2)13-16;/h4-7,9-10,13,18-19,22H,3,8,11-12H2,1-2H3,(H,23,25,27);1H/t18-,19+;/m1./s1. The number of carbonyl (C=O) groups excluding carboxylic acids is 1. The molecule has 1 aliphatic heterocycles. The van der Waals surface area contributed by atoms with Gasteiger partial charge in [0, 0.05) is 49.7 Å². The number of carbonyl (C=O) groups is 1. The summed E-state index contributed by atoms with van der Waals surface area (Å²) in [6, 6.07) is 8.63. The topological polar surface area (TPSA) is 71.8 Å². The normalized spacial score (nSPS) is 18.4. The van der Waals surface area contributed by atoms with E-state index in [4.69, 9.17) is 0 Å². The second kappa shape index (κ2) is 9.52. The smallest absolute Gasteiger partial charge is 0.231 e. The van der Waals surface area contributed by atoms with E-state index in [1.54, 1.807) is 16.0 Å². The van der Waals surface area contributed by atoms with E-state index in [-0.39, 0.29) is 30.2 Å². The fourth-order valence-corrected chi connectivity index (χ4v) is 4.59. The van der Waals surface area contributed by atoms with Crippen molar-refractivity contribution >= 4 is 34.8 Å². The van der Waals surface area contributed by atoms with Gasteiger partial charge in [-0.1, -0.05) is 31.2 Å². The predicted molar refractivity (Wildman–Crippen MR) is 119 cm³/mol. The Morgan fingerprint density at radius 3 is 2.90 bits per heavy atom. The lowest BCUT2D eigenvalue weighted by molar-refractivity contribution is -0.119. The average molecular weight is 432 g/mol. The highest BCUT2D eigenvalue weighted by Crippen LogP contribution is 2.30. The van der Waals surface area contributed by atoms with Crippen LogP contribution in [0.5, 0.6) is 0 Å². The van der Waals surface area contributed by atoms with Crippen LogP contribution in [0, 0.1) is 5.92 Å². The molecular formula is C21H26ClN5OS. The first-order chi connectivity index (χ1) is 13.6. The Kier molecular flexibility index (Phi) is 7.05. The number of rotatable bonds is 6. The van der Waals surface area contributed by atoms with E-state index in [1.807, 2.05) is 25.6 Å². The minimum Gasteiger partial charge on any atom is -0.315 e. The number of thiazole rings is 1. The van der Waals surface area contributed by atoms with Crippen LogP contribution < -0.4 is 10.6 Å². The maximum Gasteiger partial charge on any atom is 0.231 e. The SMILES string of the molecule is CCc1cccc(Cc2cnc(NC(=O)[C@H]3CNC[C@@H]3c3cnn(C)c3)s2)c1.Cl. The van der Waals surface area contributed by atoms with Gasteiger partial charge in [0.2, 0.25) is 5.91 Å². The van der Waals surface area contributed by atoms with Gasteiger partial charge in [-0.3, -0.25) is 9.48 Å². The van der Waals surface area contributed by atoms with Crippen molar-refractivity contribution in [1.29, 1.82) is 0 Å². The molecule has 1 fully saturated rings. The first-order valence-electron chi connectivity index (χ1n) is 9.65. The molecule has 1 aromatic carbocycles. The summed E-state index contributed by atoms with van der Waals surface area (Å²) < 4.78 is 1.78. The minimum atomic E-state index is -0.113. The maximum absolute atomic E-state index is 12.8. The van der Waals surface area contributed by atoms with Crippen LogP contribution in [-0.2, 0) is 24.7 Å². The molecule has 0 radical (unpaired) electrons. The monoisotopic (exact) mass is 431 g/mol.